The molecule has 23 heavy (non-hydrogen) atoms. The van der Waals surface area contributed by atoms with Gasteiger partial charge < -0.3 is 5.32 Å². The fourth-order valence-electron chi connectivity index (χ4n) is 3.13. The molecule has 1 aliphatic carbocycles. The average molecular weight is 355 g/mol. The van der Waals surface area contributed by atoms with Crippen molar-refractivity contribution in [1.29, 1.82) is 0 Å². The van der Waals surface area contributed by atoms with Gasteiger partial charge in [-0.3, -0.25) is 0 Å². The summed E-state index contributed by atoms with van der Waals surface area (Å²) in [5, 5.41) is 6.49. The summed E-state index contributed by atoms with van der Waals surface area (Å²) >= 11 is 1.61. The lowest BCUT2D eigenvalue weighted by Gasteiger charge is -2.21. The Bertz CT molecular complexity index is 788. The molecule has 2 unspecified atom stereocenters. The van der Waals surface area contributed by atoms with E-state index in [0.29, 0.717) is 5.92 Å². The Balaban J connectivity index is 1.74. The molecule has 2 atom stereocenters. The second-order valence-corrected chi connectivity index (χ2v) is 8.72. The highest BCUT2D eigenvalue weighted by Crippen LogP contribution is 2.29. The highest BCUT2D eigenvalue weighted by Gasteiger charge is 2.29. The van der Waals surface area contributed by atoms with Gasteiger partial charge in [-0.15, -0.1) is 11.3 Å². The number of fused-ring (bicyclic) bond motifs is 1. The summed E-state index contributed by atoms with van der Waals surface area (Å²) in [6.45, 7) is 2.76. The van der Waals surface area contributed by atoms with Crippen molar-refractivity contribution in [2.75, 3.05) is 18.1 Å². The molecule has 8 heteroatoms. The predicted octanol–water partition coefficient (Wildman–Crippen LogP) is 2.38. The van der Waals surface area contributed by atoms with E-state index in [1.54, 1.807) is 11.3 Å². The van der Waals surface area contributed by atoms with E-state index in [0.717, 1.165) is 54.1 Å². The molecule has 2 aromatic heterocycles. The van der Waals surface area contributed by atoms with Gasteiger partial charge in [0.05, 0.1) is 11.6 Å². The summed E-state index contributed by atoms with van der Waals surface area (Å²) in [5.74, 6) is 1.98. The van der Waals surface area contributed by atoms with Gasteiger partial charge in [0, 0.05) is 19.0 Å². The first-order chi connectivity index (χ1) is 11.0. The van der Waals surface area contributed by atoms with Gasteiger partial charge in [-0.1, -0.05) is 13.3 Å². The Morgan fingerprint density at radius 1 is 1.35 bits per heavy atom. The van der Waals surface area contributed by atoms with Crippen LogP contribution in [0, 0.1) is 5.92 Å². The Labute approximate surface area is 140 Å². The van der Waals surface area contributed by atoms with Crippen LogP contribution >= 0.6 is 11.3 Å². The maximum atomic E-state index is 11.5. The summed E-state index contributed by atoms with van der Waals surface area (Å²) in [5.41, 5.74) is 0. The van der Waals surface area contributed by atoms with Crippen LogP contribution in [-0.4, -0.2) is 37.2 Å². The van der Waals surface area contributed by atoms with Gasteiger partial charge in [0.2, 0.25) is 10.0 Å². The molecule has 2 aromatic rings. The molecule has 2 N–H and O–H groups in total. The van der Waals surface area contributed by atoms with Crippen molar-refractivity contribution in [3.8, 4) is 0 Å². The number of nitrogens with one attached hydrogen (secondary N) is 2. The normalized spacial score (nSPS) is 21.8. The molecule has 0 amide bonds. The Hall–Kier alpha value is -1.25. The minimum absolute atomic E-state index is 0.0166. The van der Waals surface area contributed by atoms with Crippen LogP contribution < -0.4 is 10.0 Å². The van der Waals surface area contributed by atoms with Gasteiger partial charge in [-0.25, -0.2) is 23.1 Å². The maximum Gasteiger partial charge on any atom is 0.208 e. The van der Waals surface area contributed by atoms with E-state index in [-0.39, 0.29) is 6.04 Å². The zero-order valence-corrected chi connectivity index (χ0v) is 15.0. The van der Waals surface area contributed by atoms with E-state index >= 15 is 0 Å². The Morgan fingerprint density at radius 2 is 2.17 bits per heavy atom. The van der Waals surface area contributed by atoms with Crippen molar-refractivity contribution < 1.29 is 8.42 Å². The van der Waals surface area contributed by atoms with Crippen LogP contribution in [0.15, 0.2) is 11.4 Å². The van der Waals surface area contributed by atoms with E-state index in [4.69, 9.17) is 0 Å². The van der Waals surface area contributed by atoms with Crippen LogP contribution in [0.25, 0.3) is 10.2 Å². The predicted molar refractivity (Wildman–Crippen MR) is 94.4 cm³/mol. The van der Waals surface area contributed by atoms with E-state index in [1.165, 1.54) is 6.26 Å². The quantitative estimate of drug-likeness (QED) is 0.832. The fourth-order valence-corrected chi connectivity index (χ4v) is 4.77. The number of thiophene rings is 1. The number of nitrogens with zero attached hydrogens (tertiary/aromatic N) is 2. The molecular formula is C15H22N4O2S2. The van der Waals surface area contributed by atoms with Crippen molar-refractivity contribution in [1.82, 2.24) is 14.7 Å². The number of aromatic nitrogens is 2. The lowest BCUT2D eigenvalue weighted by Crippen LogP contribution is -2.39. The first-order valence-corrected chi connectivity index (χ1v) is 10.7. The van der Waals surface area contributed by atoms with Crippen LogP contribution in [0.2, 0.25) is 0 Å². The van der Waals surface area contributed by atoms with Gasteiger partial charge in [-0.05, 0) is 30.2 Å². The molecule has 0 radical (unpaired) electrons. The van der Waals surface area contributed by atoms with E-state index < -0.39 is 10.0 Å². The van der Waals surface area contributed by atoms with Gasteiger partial charge >= 0.3 is 0 Å². The SMILES string of the molecule is CCc1nc(NCC2CCCC2NS(C)(=O)=O)c2ccsc2n1. The number of anilines is 1. The van der Waals surface area contributed by atoms with Crippen molar-refractivity contribution in [2.24, 2.45) is 5.92 Å². The number of rotatable bonds is 6. The maximum absolute atomic E-state index is 11.5. The Kier molecular flexibility index (Phi) is 4.84. The third-order valence-electron chi connectivity index (χ3n) is 4.24. The molecule has 126 valence electrons. The number of hydrogen-bond acceptors (Lipinski definition) is 6. The molecule has 0 bridgehead atoms. The zero-order valence-electron chi connectivity index (χ0n) is 13.4. The fraction of sp³-hybridized carbons (Fsp3) is 0.600. The van der Waals surface area contributed by atoms with Crippen molar-refractivity contribution in [2.45, 2.75) is 38.6 Å². The molecule has 1 fully saturated rings. The summed E-state index contributed by atoms with van der Waals surface area (Å²) in [6.07, 6.45) is 5.00. The second kappa shape index (κ2) is 6.70. The monoisotopic (exact) mass is 354 g/mol. The standard InChI is InChI=1S/C15H22N4O2S2/c1-3-13-17-14(11-7-8-22-15(11)18-13)16-9-10-5-4-6-12(10)19-23(2,20)21/h7-8,10,12,19H,3-6,9H2,1-2H3,(H,16,17,18). The van der Waals surface area contributed by atoms with Crippen LogP contribution in [0.4, 0.5) is 5.82 Å². The molecule has 0 aromatic carbocycles. The summed E-state index contributed by atoms with van der Waals surface area (Å²) in [4.78, 5) is 10.1. The number of aryl methyl sites for hydroxylation is 1. The highest BCUT2D eigenvalue weighted by molar-refractivity contribution is 7.88. The summed E-state index contributed by atoms with van der Waals surface area (Å²) in [6, 6.07) is 2.05. The third-order valence-corrected chi connectivity index (χ3v) is 5.78. The van der Waals surface area contributed by atoms with Gasteiger partial charge in [0.1, 0.15) is 16.5 Å². The van der Waals surface area contributed by atoms with Crippen molar-refractivity contribution in [3.05, 3.63) is 17.3 Å². The molecule has 0 aliphatic heterocycles. The largest absolute Gasteiger partial charge is 0.369 e. The molecule has 1 aliphatic rings. The average Bonchev–Trinajstić information content (AvgIpc) is 3.11. The van der Waals surface area contributed by atoms with Gasteiger partial charge in [-0.2, -0.15) is 0 Å². The van der Waals surface area contributed by atoms with E-state index in [2.05, 4.69) is 20.0 Å². The molecule has 0 saturated heterocycles. The summed E-state index contributed by atoms with van der Waals surface area (Å²) < 4.78 is 25.7. The molecular weight excluding hydrogens is 332 g/mol. The molecule has 0 spiro atoms. The minimum Gasteiger partial charge on any atom is -0.369 e. The number of sulfonamides is 1. The number of hydrogen-bond donors (Lipinski definition) is 2. The van der Waals surface area contributed by atoms with Crippen molar-refractivity contribution >= 4 is 37.4 Å². The lowest BCUT2D eigenvalue weighted by molar-refractivity contribution is 0.463. The smallest absolute Gasteiger partial charge is 0.208 e. The highest BCUT2D eigenvalue weighted by atomic mass is 32.2. The summed E-state index contributed by atoms with van der Waals surface area (Å²) in [7, 11) is -3.16. The van der Waals surface area contributed by atoms with Crippen LogP contribution in [0.1, 0.15) is 32.0 Å². The molecule has 3 rings (SSSR count). The van der Waals surface area contributed by atoms with Crippen LogP contribution in [0.3, 0.4) is 0 Å². The lowest BCUT2D eigenvalue weighted by atomic mass is 10.0. The van der Waals surface area contributed by atoms with E-state index in [1.807, 2.05) is 18.4 Å². The zero-order chi connectivity index (χ0) is 16.4. The third kappa shape index (κ3) is 3.99. The van der Waals surface area contributed by atoms with Crippen LogP contribution in [0.5, 0.6) is 0 Å². The minimum atomic E-state index is -3.16. The second-order valence-electron chi connectivity index (χ2n) is 6.05. The molecule has 2 heterocycles. The van der Waals surface area contributed by atoms with Crippen molar-refractivity contribution in [3.63, 3.8) is 0 Å². The Morgan fingerprint density at radius 3 is 2.91 bits per heavy atom. The van der Waals surface area contributed by atoms with Gasteiger partial charge in [0.15, 0.2) is 0 Å². The van der Waals surface area contributed by atoms with Crippen LogP contribution in [-0.2, 0) is 16.4 Å². The van der Waals surface area contributed by atoms with E-state index in [9.17, 15) is 8.42 Å². The molecule has 6 nitrogen and oxygen atoms in total. The first kappa shape index (κ1) is 16.6. The van der Waals surface area contributed by atoms with Gasteiger partial charge in [0.25, 0.3) is 0 Å². The topological polar surface area (TPSA) is 84.0 Å². The molecule has 1 saturated carbocycles. The first-order valence-electron chi connectivity index (χ1n) is 7.91.